The van der Waals surface area contributed by atoms with Crippen LogP contribution < -0.4 is 21.1 Å². The minimum atomic E-state index is -3.76. The summed E-state index contributed by atoms with van der Waals surface area (Å²) in [4.78, 5) is 11.3. The molecule has 140 valence electrons. The standard InChI is InChI=1S/C17H24N6O2S/c1-2-4-13-10-16(23-8-7-12(18)11-23)22-17(20-13)21-14-5-3-6-15(9-14)26(19,24)25/h3,5-6,9-10,12H,2,4,7-8,11,18H2,1H3,(H2,19,24,25)(H,20,21,22)/t12-/m0/s1. The van der Waals surface area contributed by atoms with E-state index >= 15 is 0 Å². The Labute approximate surface area is 153 Å². The van der Waals surface area contributed by atoms with Crippen molar-refractivity contribution in [3.8, 4) is 0 Å². The molecule has 5 N–H and O–H groups in total. The SMILES string of the molecule is CCCc1cc(N2CC[C@H](N)C2)nc(Nc2cccc(S(N)(=O)=O)c2)n1. The Hall–Kier alpha value is -2.23. The molecule has 0 radical (unpaired) electrons. The lowest BCUT2D eigenvalue weighted by Gasteiger charge is -2.19. The van der Waals surface area contributed by atoms with E-state index in [1.54, 1.807) is 12.1 Å². The first-order valence-corrected chi connectivity index (χ1v) is 10.2. The summed E-state index contributed by atoms with van der Waals surface area (Å²) in [6, 6.07) is 8.44. The quantitative estimate of drug-likeness (QED) is 0.694. The van der Waals surface area contributed by atoms with Gasteiger partial charge in [0.2, 0.25) is 16.0 Å². The second-order valence-electron chi connectivity index (χ2n) is 6.48. The second kappa shape index (κ2) is 7.56. The Morgan fingerprint density at radius 1 is 1.31 bits per heavy atom. The fraction of sp³-hybridized carbons (Fsp3) is 0.412. The van der Waals surface area contributed by atoms with Crippen LogP contribution in [0, 0.1) is 0 Å². The number of anilines is 3. The van der Waals surface area contributed by atoms with Crippen LogP contribution in [-0.2, 0) is 16.4 Å². The number of rotatable bonds is 6. The molecule has 8 nitrogen and oxygen atoms in total. The molecule has 1 saturated heterocycles. The zero-order chi connectivity index (χ0) is 18.7. The lowest BCUT2D eigenvalue weighted by Crippen LogP contribution is -2.27. The van der Waals surface area contributed by atoms with E-state index < -0.39 is 10.0 Å². The third-order valence-corrected chi connectivity index (χ3v) is 5.15. The Morgan fingerprint density at radius 3 is 2.77 bits per heavy atom. The van der Waals surface area contributed by atoms with Crippen molar-refractivity contribution in [1.29, 1.82) is 0 Å². The van der Waals surface area contributed by atoms with Gasteiger partial charge in [-0.2, -0.15) is 4.98 Å². The van der Waals surface area contributed by atoms with Gasteiger partial charge in [0.05, 0.1) is 4.90 Å². The average Bonchev–Trinajstić information content (AvgIpc) is 3.01. The van der Waals surface area contributed by atoms with Gasteiger partial charge in [0, 0.05) is 36.6 Å². The summed E-state index contributed by atoms with van der Waals surface area (Å²) in [6.45, 7) is 3.73. The zero-order valence-corrected chi connectivity index (χ0v) is 15.5. The maximum atomic E-state index is 11.5. The molecule has 1 fully saturated rings. The molecule has 0 aliphatic carbocycles. The van der Waals surface area contributed by atoms with Crippen LogP contribution in [0.4, 0.5) is 17.5 Å². The highest BCUT2D eigenvalue weighted by Crippen LogP contribution is 2.23. The fourth-order valence-corrected chi connectivity index (χ4v) is 3.52. The van der Waals surface area contributed by atoms with Crippen molar-refractivity contribution < 1.29 is 8.42 Å². The van der Waals surface area contributed by atoms with E-state index in [0.29, 0.717) is 11.6 Å². The molecule has 0 bridgehead atoms. The number of benzene rings is 1. The highest BCUT2D eigenvalue weighted by Gasteiger charge is 2.21. The van der Waals surface area contributed by atoms with Crippen molar-refractivity contribution in [3.63, 3.8) is 0 Å². The minimum Gasteiger partial charge on any atom is -0.355 e. The van der Waals surface area contributed by atoms with Crippen LogP contribution in [0.5, 0.6) is 0 Å². The smallest absolute Gasteiger partial charge is 0.238 e. The summed E-state index contributed by atoms with van der Waals surface area (Å²) in [5.41, 5.74) is 7.51. The highest BCUT2D eigenvalue weighted by atomic mass is 32.2. The van der Waals surface area contributed by atoms with Crippen LogP contribution in [0.1, 0.15) is 25.5 Å². The van der Waals surface area contributed by atoms with Gasteiger partial charge < -0.3 is 16.0 Å². The van der Waals surface area contributed by atoms with Crippen LogP contribution in [-0.4, -0.2) is 37.5 Å². The number of nitrogens with two attached hydrogens (primary N) is 2. The zero-order valence-electron chi connectivity index (χ0n) is 14.7. The number of nitrogens with one attached hydrogen (secondary N) is 1. The van der Waals surface area contributed by atoms with E-state index in [-0.39, 0.29) is 10.9 Å². The molecule has 0 saturated carbocycles. The number of primary sulfonamides is 1. The summed E-state index contributed by atoms with van der Waals surface area (Å²) in [5, 5.41) is 8.29. The van der Waals surface area contributed by atoms with Crippen LogP contribution in [0.2, 0.25) is 0 Å². The summed E-state index contributed by atoms with van der Waals surface area (Å²) in [6.07, 6.45) is 2.74. The molecule has 0 spiro atoms. The van der Waals surface area contributed by atoms with Gasteiger partial charge >= 0.3 is 0 Å². The Kier molecular flexibility index (Phi) is 5.40. The van der Waals surface area contributed by atoms with Gasteiger partial charge in [-0.05, 0) is 31.0 Å². The van der Waals surface area contributed by atoms with Gasteiger partial charge in [0.25, 0.3) is 0 Å². The molecule has 2 aromatic rings. The first-order chi connectivity index (χ1) is 12.3. The van der Waals surface area contributed by atoms with Crippen molar-refractivity contribution in [2.24, 2.45) is 10.9 Å². The van der Waals surface area contributed by atoms with Gasteiger partial charge in [-0.15, -0.1) is 0 Å². The molecule has 9 heteroatoms. The molecule has 0 unspecified atom stereocenters. The first kappa shape index (κ1) is 18.6. The Morgan fingerprint density at radius 2 is 2.12 bits per heavy atom. The van der Waals surface area contributed by atoms with E-state index in [1.807, 2.05) is 6.07 Å². The Balaban J connectivity index is 1.90. The van der Waals surface area contributed by atoms with Crippen molar-refractivity contribution in [2.75, 3.05) is 23.3 Å². The summed E-state index contributed by atoms with van der Waals surface area (Å²) >= 11 is 0. The van der Waals surface area contributed by atoms with Crippen molar-refractivity contribution in [1.82, 2.24) is 9.97 Å². The third-order valence-electron chi connectivity index (χ3n) is 4.24. The maximum Gasteiger partial charge on any atom is 0.238 e. The van der Waals surface area contributed by atoms with Gasteiger partial charge in [0.1, 0.15) is 5.82 Å². The number of aryl methyl sites for hydroxylation is 1. The average molecular weight is 376 g/mol. The minimum absolute atomic E-state index is 0.0398. The van der Waals surface area contributed by atoms with E-state index in [0.717, 1.165) is 43.9 Å². The predicted octanol–water partition coefficient (Wildman–Crippen LogP) is 1.36. The molecule has 26 heavy (non-hydrogen) atoms. The lowest BCUT2D eigenvalue weighted by molar-refractivity contribution is 0.598. The highest BCUT2D eigenvalue weighted by molar-refractivity contribution is 7.89. The topological polar surface area (TPSA) is 127 Å². The molecule has 0 amide bonds. The van der Waals surface area contributed by atoms with Crippen molar-refractivity contribution in [2.45, 2.75) is 37.1 Å². The molecular weight excluding hydrogens is 352 g/mol. The molecule has 3 rings (SSSR count). The second-order valence-corrected chi connectivity index (χ2v) is 8.05. The molecule has 1 aromatic heterocycles. The number of nitrogens with zero attached hydrogens (tertiary/aromatic N) is 3. The maximum absolute atomic E-state index is 11.5. The number of sulfonamides is 1. The number of aromatic nitrogens is 2. The van der Waals surface area contributed by atoms with Crippen LogP contribution in [0.15, 0.2) is 35.2 Å². The molecule has 1 aliphatic rings. The molecular formula is C17H24N6O2S. The van der Waals surface area contributed by atoms with Gasteiger partial charge in [-0.25, -0.2) is 18.5 Å². The number of hydrogen-bond acceptors (Lipinski definition) is 7. The fourth-order valence-electron chi connectivity index (χ4n) is 2.96. The van der Waals surface area contributed by atoms with E-state index in [2.05, 4.69) is 27.1 Å². The van der Waals surface area contributed by atoms with Gasteiger partial charge in [-0.3, -0.25) is 0 Å². The molecule has 1 aliphatic heterocycles. The Bertz CT molecular complexity index is 887. The van der Waals surface area contributed by atoms with Gasteiger partial charge in [0.15, 0.2) is 0 Å². The summed E-state index contributed by atoms with van der Waals surface area (Å²) in [5.74, 6) is 1.26. The lowest BCUT2D eigenvalue weighted by atomic mass is 10.2. The number of hydrogen-bond donors (Lipinski definition) is 3. The largest absolute Gasteiger partial charge is 0.355 e. The van der Waals surface area contributed by atoms with E-state index in [4.69, 9.17) is 10.9 Å². The molecule has 2 heterocycles. The van der Waals surface area contributed by atoms with E-state index in [1.165, 1.54) is 12.1 Å². The first-order valence-electron chi connectivity index (χ1n) is 8.63. The van der Waals surface area contributed by atoms with Crippen molar-refractivity contribution >= 4 is 27.5 Å². The summed E-state index contributed by atoms with van der Waals surface area (Å²) in [7, 11) is -3.76. The van der Waals surface area contributed by atoms with Gasteiger partial charge in [-0.1, -0.05) is 19.4 Å². The van der Waals surface area contributed by atoms with Crippen LogP contribution in [0.3, 0.4) is 0 Å². The molecule has 1 aromatic carbocycles. The normalized spacial score (nSPS) is 17.5. The third kappa shape index (κ3) is 4.48. The molecule has 1 atom stereocenters. The van der Waals surface area contributed by atoms with Crippen LogP contribution >= 0.6 is 0 Å². The predicted molar refractivity (Wildman–Crippen MR) is 102 cm³/mol. The van der Waals surface area contributed by atoms with Crippen molar-refractivity contribution in [3.05, 3.63) is 36.0 Å². The van der Waals surface area contributed by atoms with E-state index in [9.17, 15) is 8.42 Å². The van der Waals surface area contributed by atoms with Crippen LogP contribution in [0.25, 0.3) is 0 Å². The summed E-state index contributed by atoms with van der Waals surface area (Å²) < 4.78 is 23.1. The monoisotopic (exact) mass is 376 g/mol.